The van der Waals surface area contributed by atoms with E-state index < -0.39 is 0 Å². The molecule has 0 radical (unpaired) electrons. The number of hydrogen-bond acceptors (Lipinski definition) is 3. The average molecular weight is 256 g/mol. The molecule has 5 nitrogen and oxygen atoms in total. The number of para-hydroxylation sites is 2. The van der Waals surface area contributed by atoms with Crippen molar-refractivity contribution < 1.29 is 4.79 Å². The molecular weight excluding hydrogens is 240 g/mol. The molecule has 1 amide bonds. The van der Waals surface area contributed by atoms with Gasteiger partial charge in [0.15, 0.2) is 0 Å². The highest BCUT2D eigenvalue weighted by molar-refractivity contribution is 6.11. The predicted molar refractivity (Wildman–Crippen MR) is 75.0 cm³/mol. The van der Waals surface area contributed by atoms with E-state index in [1.165, 1.54) is 0 Å². The van der Waals surface area contributed by atoms with E-state index in [1.807, 2.05) is 24.3 Å². The van der Waals surface area contributed by atoms with Gasteiger partial charge in [0.05, 0.1) is 22.8 Å². The number of nitrogens with one attached hydrogen (secondary N) is 2. The number of aryl methyl sites for hydroxylation is 1. The van der Waals surface area contributed by atoms with Crippen molar-refractivity contribution in [2.24, 2.45) is 7.05 Å². The molecule has 1 aliphatic rings. The van der Waals surface area contributed by atoms with Gasteiger partial charge in [-0.15, -0.1) is 0 Å². The molecule has 0 aliphatic carbocycles. The first-order chi connectivity index (χ1) is 9.08. The molecular formula is C14H16N4O. The molecule has 0 atom stereocenters. The molecule has 1 aliphatic heterocycles. The van der Waals surface area contributed by atoms with E-state index in [-0.39, 0.29) is 11.8 Å². The molecule has 98 valence electrons. The molecule has 0 bridgehead atoms. The summed E-state index contributed by atoms with van der Waals surface area (Å²) in [5.41, 5.74) is 3.96. The van der Waals surface area contributed by atoms with Gasteiger partial charge in [0.25, 0.3) is 5.91 Å². The first-order valence-electron chi connectivity index (χ1n) is 6.32. The lowest BCUT2D eigenvalue weighted by Gasteiger charge is -2.09. The standard InChI is InChI=1S/C14H16N4O/c1-8(2)11-12-13(18(3)17-11)14(19)16-10-7-5-4-6-9(10)15-12/h4-8,15H,1-3H3,(H,16,19). The summed E-state index contributed by atoms with van der Waals surface area (Å²) in [5.74, 6) is 0.120. The van der Waals surface area contributed by atoms with Crippen molar-refractivity contribution in [3.8, 4) is 0 Å². The van der Waals surface area contributed by atoms with Crippen LogP contribution in [0.15, 0.2) is 24.3 Å². The first kappa shape index (κ1) is 11.8. The molecule has 2 N–H and O–H groups in total. The number of hydrogen-bond donors (Lipinski definition) is 2. The van der Waals surface area contributed by atoms with Crippen molar-refractivity contribution in [2.45, 2.75) is 19.8 Å². The number of nitrogens with zero attached hydrogens (tertiary/aromatic N) is 2. The van der Waals surface area contributed by atoms with Crippen molar-refractivity contribution in [1.82, 2.24) is 9.78 Å². The van der Waals surface area contributed by atoms with Crippen molar-refractivity contribution in [2.75, 3.05) is 10.6 Å². The minimum absolute atomic E-state index is 0.130. The molecule has 1 aromatic carbocycles. The number of aromatic nitrogens is 2. The Morgan fingerprint density at radius 1 is 1.16 bits per heavy atom. The lowest BCUT2D eigenvalue weighted by atomic mass is 10.1. The topological polar surface area (TPSA) is 59.0 Å². The fraction of sp³-hybridized carbons (Fsp3) is 0.286. The highest BCUT2D eigenvalue weighted by Gasteiger charge is 2.27. The maximum atomic E-state index is 12.3. The van der Waals surface area contributed by atoms with Gasteiger partial charge in [0.2, 0.25) is 0 Å². The summed E-state index contributed by atoms with van der Waals surface area (Å²) in [5, 5.41) is 10.7. The zero-order valence-electron chi connectivity index (χ0n) is 11.2. The average Bonchev–Trinajstić information content (AvgIpc) is 2.61. The van der Waals surface area contributed by atoms with Crippen LogP contribution in [0.1, 0.15) is 35.9 Å². The van der Waals surface area contributed by atoms with E-state index in [1.54, 1.807) is 11.7 Å². The fourth-order valence-corrected chi connectivity index (χ4v) is 2.35. The van der Waals surface area contributed by atoms with Crippen LogP contribution in [0.25, 0.3) is 0 Å². The Morgan fingerprint density at radius 2 is 1.79 bits per heavy atom. The Balaban J connectivity index is 2.21. The molecule has 1 aromatic heterocycles. The molecule has 0 spiro atoms. The number of fused-ring (bicyclic) bond motifs is 2. The van der Waals surface area contributed by atoms with Gasteiger partial charge >= 0.3 is 0 Å². The number of benzene rings is 1. The number of carbonyl (C=O) groups excluding carboxylic acids is 1. The van der Waals surface area contributed by atoms with Gasteiger partial charge in [-0.1, -0.05) is 26.0 Å². The van der Waals surface area contributed by atoms with Gasteiger partial charge in [-0.3, -0.25) is 9.48 Å². The second kappa shape index (κ2) is 4.12. The van der Waals surface area contributed by atoms with Gasteiger partial charge in [0, 0.05) is 7.05 Å². The van der Waals surface area contributed by atoms with Crippen LogP contribution in [0.5, 0.6) is 0 Å². The minimum atomic E-state index is -0.130. The monoisotopic (exact) mass is 256 g/mol. The van der Waals surface area contributed by atoms with E-state index in [0.29, 0.717) is 5.69 Å². The van der Waals surface area contributed by atoms with Crippen molar-refractivity contribution >= 4 is 23.0 Å². The molecule has 5 heteroatoms. The summed E-state index contributed by atoms with van der Waals surface area (Å²) in [7, 11) is 1.79. The van der Waals surface area contributed by atoms with Crippen molar-refractivity contribution in [3.63, 3.8) is 0 Å². The lowest BCUT2D eigenvalue weighted by Crippen LogP contribution is -2.15. The summed E-state index contributed by atoms with van der Waals surface area (Å²) < 4.78 is 1.64. The quantitative estimate of drug-likeness (QED) is 0.824. The smallest absolute Gasteiger partial charge is 0.276 e. The van der Waals surface area contributed by atoms with Crippen LogP contribution in [-0.2, 0) is 7.05 Å². The number of amides is 1. The zero-order chi connectivity index (χ0) is 13.6. The molecule has 0 unspecified atom stereocenters. The van der Waals surface area contributed by atoms with Crippen LogP contribution in [-0.4, -0.2) is 15.7 Å². The van der Waals surface area contributed by atoms with Crippen LogP contribution >= 0.6 is 0 Å². The third kappa shape index (κ3) is 1.78. The highest BCUT2D eigenvalue weighted by atomic mass is 16.2. The third-order valence-electron chi connectivity index (χ3n) is 3.27. The van der Waals surface area contributed by atoms with Gasteiger partial charge in [-0.2, -0.15) is 5.10 Å². The van der Waals surface area contributed by atoms with Crippen LogP contribution in [0.4, 0.5) is 17.1 Å². The molecule has 2 heterocycles. The molecule has 19 heavy (non-hydrogen) atoms. The Kier molecular flexibility index (Phi) is 2.55. The number of rotatable bonds is 1. The molecule has 0 saturated carbocycles. The van der Waals surface area contributed by atoms with E-state index in [0.717, 1.165) is 22.8 Å². The van der Waals surface area contributed by atoms with Gasteiger partial charge in [-0.25, -0.2) is 0 Å². The summed E-state index contributed by atoms with van der Waals surface area (Å²) in [6.45, 7) is 4.14. The number of carbonyl (C=O) groups is 1. The van der Waals surface area contributed by atoms with Crippen molar-refractivity contribution in [1.29, 1.82) is 0 Å². The summed E-state index contributed by atoms with van der Waals surface area (Å²) >= 11 is 0. The van der Waals surface area contributed by atoms with Gasteiger partial charge < -0.3 is 10.6 Å². The zero-order valence-corrected chi connectivity index (χ0v) is 11.2. The van der Waals surface area contributed by atoms with Crippen LogP contribution in [0, 0.1) is 0 Å². The Bertz CT molecular complexity index is 657. The number of anilines is 3. The first-order valence-corrected chi connectivity index (χ1v) is 6.32. The summed E-state index contributed by atoms with van der Waals surface area (Å²) in [6, 6.07) is 7.67. The van der Waals surface area contributed by atoms with E-state index in [4.69, 9.17) is 0 Å². The van der Waals surface area contributed by atoms with E-state index in [2.05, 4.69) is 29.6 Å². The fourth-order valence-electron chi connectivity index (χ4n) is 2.35. The summed E-state index contributed by atoms with van der Waals surface area (Å²) in [6.07, 6.45) is 0. The summed E-state index contributed by atoms with van der Waals surface area (Å²) in [4.78, 5) is 12.3. The Hall–Kier alpha value is -2.30. The molecule has 2 aromatic rings. The molecule has 0 fully saturated rings. The largest absolute Gasteiger partial charge is 0.350 e. The van der Waals surface area contributed by atoms with Crippen LogP contribution < -0.4 is 10.6 Å². The third-order valence-corrected chi connectivity index (χ3v) is 3.27. The van der Waals surface area contributed by atoms with E-state index in [9.17, 15) is 4.79 Å². The SMILES string of the molecule is CC(C)c1nn(C)c2c1Nc1ccccc1NC2=O. The molecule has 3 rings (SSSR count). The van der Waals surface area contributed by atoms with Gasteiger partial charge in [-0.05, 0) is 18.1 Å². The maximum Gasteiger partial charge on any atom is 0.276 e. The minimum Gasteiger partial charge on any atom is -0.350 e. The Morgan fingerprint density at radius 3 is 2.42 bits per heavy atom. The maximum absolute atomic E-state index is 12.3. The second-order valence-corrected chi connectivity index (χ2v) is 5.01. The highest BCUT2D eigenvalue weighted by Crippen LogP contribution is 2.35. The van der Waals surface area contributed by atoms with Crippen LogP contribution in [0.2, 0.25) is 0 Å². The second-order valence-electron chi connectivity index (χ2n) is 5.01. The molecule has 0 saturated heterocycles. The van der Waals surface area contributed by atoms with Gasteiger partial charge in [0.1, 0.15) is 5.69 Å². The van der Waals surface area contributed by atoms with Crippen molar-refractivity contribution in [3.05, 3.63) is 35.7 Å². The Labute approximate surface area is 111 Å². The normalized spacial score (nSPS) is 13.4. The lowest BCUT2D eigenvalue weighted by molar-refractivity contribution is 0.101. The predicted octanol–water partition coefficient (Wildman–Crippen LogP) is 2.85. The van der Waals surface area contributed by atoms with E-state index >= 15 is 0 Å². The van der Waals surface area contributed by atoms with Crippen LogP contribution in [0.3, 0.4) is 0 Å².